The summed E-state index contributed by atoms with van der Waals surface area (Å²) in [5, 5.41) is 2.72. The van der Waals surface area contributed by atoms with E-state index in [9.17, 15) is 9.59 Å². The Morgan fingerprint density at radius 1 is 0.806 bits per heavy atom. The van der Waals surface area contributed by atoms with Crippen LogP contribution in [0.2, 0.25) is 0 Å². The van der Waals surface area contributed by atoms with Crippen molar-refractivity contribution in [2.75, 3.05) is 26.9 Å². The van der Waals surface area contributed by atoms with Crippen molar-refractivity contribution < 1.29 is 23.8 Å². The summed E-state index contributed by atoms with van der Waals surface area (Å²) in [4.78, 5) is 23.7. The molecule has 0 spiro atoms. The molecule has 0 saturated heterocycles. The highest BCUT2D eigenvalue weighted by Gasteiger charge is 2.09. The molecule has 0 aliphatic heterocycles. The molecule has 1 amide bonds. The van der Waals surface area contributed by atoms with Crippen molar-refractivity contribution in [3.05, 3.63) is 84.4 Å². The summed E-state index contributed by atoms with van der Waals surface area (Å²) >= 11 is 0. The molecule has 0 atom stereocenters. The smallest absolute Gasteiger partial charge is 0.344 e. The normalized spacial score (nSPS) is 10.2. The van der Waals surface area contributed by atoms with Crippen molar-refractivity contribution in [1.82, 2.24) is 5.32 Å². The summed E-state index contributed by atoms with van der Waals surface area (Å²) in [7, 11) is 1.61. The molecule has 0 saturated carbocycles. The summed E-state index contributed by atoms with van der Waals surface area (Å²) in [6.45, 7) is -0.193. The van der Waals surface area contributed by atoms with Crippen LogP contribution in [0, 0.1) is 0 Å². The van der Waals surface area contributed by atoms with Crippen molar-refractivity contribution in [3.63, 3.8) is 0 Å². The van der Waals surface area contributed by atoms with Gasteiger partial charge in [-0.05, 0) is 41.3 Å². The van der Waals surface area contributed by atoms with Crippen LogP contribution in [0.1, 0.15) is 5.56 Å². The Balaban J connectivity index is 1.35. The van der Waals surface area contributed by atoms with Crippen LogP contribution in [0.5, 0.6) is 11.5 Å². The highest BCUT2D eigenvalue weighted by Crippen LogP contribution is 2.22. The van der Waals surface area contributed by atoms with Gasteiger partial charge in [0.25, 0.3) is 5.91 Å². The van der Waals surface area contributed by atoms with Gasteiger partial charge >= 0.3 is 5.97 Å². The first-order valence-electron chi connectivity index (χ1n) is 9.98. The molecule has 31 heavy (non-hydrogen) atoms. The molecule has 0 radical (unpaired) electrons. The number of rotatable bonds is 10. The van der Waals surface area contributed by atoms with Gasteiger partial charge in [0, 0.05) is 6.54 Å². The molecule has 0 unspecified atom stereocenters. The van der Waals surface area contributed by atoms with Crippen LogP contribution < -0.4 is 14.8 Å². The SMILES string of the molecule is COc1ccccc1CCNC(=O)COC(=O)COc1ccc(-c2ccccc2)cc1. The number of hydrogen-bond donors (Lipinski definition) is 1. The topological polar surface area (TPSA) is 73.9 Å². The monoisotopic (exact) mass is 419 g/mol. The Labute approximate surface area is 181 Å². The van der Waals surface area contributed by atoms with Crippen LogP contribution in [0.3, 0.4) is 0 Å². The highest BCUT2D eigenvalue weighted by molar-refractivity contribution is 5.80. The van der Waals surface area contributed by atoms with E-state index in [-0.39, 0.29) is 19.1 Å². The van der Waals surface area contributed by atoms with E-state index in [1.165, 1.54) is 0 Å². The quantitative estimate of drug-likeness (QED) is 0.508. The van der Waals surface area contributed by atoms with Crippen LogP contribution in [0.4, 0.5) is 0 Å². The number of para-hydroxylation sites is 1. The van der Waals surface area contributed by atoms with Crippen molar-refractivity contribution in [2.45, 2.75) is 6.42 Å². The Hall–Kier alpha value is -3.80. The fourth-order valence-corrected chi connectivity index (χ4v) is 3.00. The minimum absolute atomic E-state index is 0.265. The molecule has 1 N–H and O–H groups in total. The van der Waals surface area contributed by atoms with Gasteiger partial charge < -0.3 is 19.5 Å². The fourth-order valence-electron chi connectivity index (χ4n) is 3.00. The summed E-state index contributed by atoms with van der Waals surface area (Å²) in [5.41, 5.74) is 3.15. The highest BCUT2D eigenvalue weighted by atomic mass is 16.6. The maximum Gasteiger partial charge on any atom is 0.344 e. The minimum atomic E-state index is -0.605. The lowest BCUT2D eigenvalue weighted by atomic mass is 10.1. The van der Waals surface area contributed by atoms with Gasteiger partial charge in [-0.3, -0.25) is 4.79 Å². The summed E-state index contributed by atoms with van der Waals surface area (Å²) < 4.78 is 15.7. The molecule has 160 valence electrons. The minimum Gasteiger partial charge on any atom is -0.496 e. The van der Waals surface area contributed by atoms with E-state index in [1.54, 1.807) is 19.2 Å². The van der Waals surface area contributed by atoms with Gasteiger partial charge in [0.15, 0.2) is 13.2 Å². The van der Waals surface area contributed by atoms with Gasteiger partial charge in [-0.1, -0.05) is 60.7 Å². The van der Waals surface area contributed by atoms with E-state index in [0.29, 0.717) is 18.7 Å². The third-order valence-electron chi connectivity index (χ3n) is 4.59. The molecule has 0 aliphatic rings. The molecule has 3 aromatic carbocycles. The number of carbonyl (C=O) groups excluding carboxylic acids is 2. The Bertz CT molecular complexity index is 986. The first-order chi connectivity index (χ1) is 15.2. The second-order valence-corrected chi connectivity index (χ2v) is 6.75. The van der Waals surface area contributed by atoms with E-state index in [4.69, 9.17) is 14.2 Å². The second kappa shape index (κ2) is 11.4. The molecule has 3 rings (SSSR count). The zero-order valence-corrected chi connectivity index (χ0v) is 17.4. The maximum atomic E-state index is 11.9. The lowest BCUT2D eigenvalue weighted by Gasteiger charge is -2.10. The predicted octanol–water partition coefficient (Wildman–Crippen LogP) is 3.64. The Morgan fingerprint density at radius 2 is 1.48 bits per heavy atom. The largest absolute Gasteiger partial charge is 0.496 e. The molecule has 0 bridgehead atoms. The van der Waals surface area contributed by atoms with Crippen LogP contribution in [-0.2, 0) is 20.7 Å². The third kappa shape index (κ3) is 6.89. The number of esters is 1. The zero-order chi connectivity index (χ0) is 21.9. The molecule has 0 fully saturated rings. The van der Waals surface area contributed by atoms with Gasteiger partial charge in [0.2, 0.25) is 0 Å². The van der Waals surface area contributed by atoms with E-state index in [2.05, 4.69) is 5.32 Å². The average molecular weight is 419 g/mol. The van der Waals surface area contributed by atoms with E-state index in [1.807, 2.05) is 66.7 Å². The van der Waals surface area contributed by atoms with Crippen molar-refractivity contribution in [2.24, 2.45) is 0 Å². The predicted molar refractivity (Wildman–Crippen MR) is 118 cm³/mol. The Morgan fingerprint density at radius 3 is 2.23 bits per heavy atom. The summed E-state index contributed by atoms with van der Waals surface area (Å²) in [6.07, 6.45) is 0.617. The maximum absolute atomic E-state index is 11.9. The summed E-state index contributed by atoms with van der Waals surface area (Å²) in [6, 6.07) is 25.0. The standard InChI is InChI=1S/C25H25NO5/c1-29-23-10-6-5-9-21(23)15-16-26-24(27)17-31-25(28)18-30-22-13-11-20(12-14-22)19-7-3-2-4-8-19/h2-14H,15-18H2,1H3,(H,26,27). The number of benzene rings is 3. The average Bonchev–Trinajstić information content (AvgIpc) is 2.82. The third-order valence-corrected chi connectivity index (χ3v) is 4.59. The molecule has 6 heteroatoms. The van der Waals surface area contributed by atoms with E-state index >= 15 is 0 Å². The molecule has 0 aliphatic carbocycles. The van der Waals surface area contributed by atoms with Crippen molar-refractivity contribution in [1.29, 1.82) is 0 Å². The molecular weight excluding hydrogens is 394 g/mol. The number of hydrogen-bond acceptors (Lipinski definition) is 5. The lowest BCUT2D eigenvalue weighted by Crippen LogP contribution is -2.31. The number of nitrogens with one attached hydrogen (secondary N) is 1. The zero-order valence-electron chi connectivity index (χ0n) is 17.4. The molecule has 3 aromatic rings. The van der Waals surface area contributed by atoms with Crippen LogP contribution in [0.15, 0.2) is 78.9 Å². The number of amides is 1. The van der Waals surface area contributed by atoms with Crippen LogP contribution in [-0.4, -0.2) is 38.7 Å². The van der Waals surface area contributed by atoms with Gasteiger partial charge in [-0.15, -0.1) is 0 Å². The van der Waals surface area contributed by atoms with Gasteiger partial charge in [-0.2, -0.15) is 0 Å². The van der Waals surface area contributed by atoms with Gasteiger partial charge in [-0.25, -0.2) is 4.79 Å². The van der Waals surface area contributed by atoms with Crippen molar-refractivity contribution >= 4 is 11.9 Å². The van der Waals surface area contributed by atoms with Gasteiger partial charge in [0.05, 0.1) is 7.11 Å². The molecule has 6 nitrogen and oxygen atoms in total. The number of methoxy groups -OCH3 is 1. The van der Waals surface area contributed by atoms with Crippen molar-refractivity contribution in [3.8, 4) is 22.6 Å². The Kier molecular flexibility index (Phi) is 8.05. The number of carbonyl (C=O) groups is 2. The first-order valence-corrected chi connectivity index (χ1v) is 9.98. The molecule has 0 heterocycles. The number of ether oxygens (including phenoxy) is 3. The van der Waals surface area contributed by atoms with E-state index in [0.717, 1.165) is 22.4 Å². The fraction of sp³-hybridized carbons (Fsp3) is 0.200. The molecule has 0 aromatic heterocycles. The first kappa shape index (κ1) is 21.9. The lowest BCUT2D eigenvalue weighted by molar-refractivity contribution is -0.150. The second-order valence-electron chi connectivity index (χ2n) is 6.75. The van der Waals surface area contributed by atoms with E-state index < -0.39 is 5.97 Å². The summed E-state index contributed by atoms with van der Waals surface area (Å²) in [5.74, 6) is 0.359. The van der Waals surface area contributed by atoms with Gasteiger partial charge in [0.1, 0.15) is 11.5 Å². The van der Waals surface area contributed by atoms with Crippen LogP contribution >= 0.6 is 0 Å². The van der Waals surface area contributed by atoms with Crippen LogP contribution in [0.25, 0.3) is 11.1 Å². The molecular formula is C25H25NO5.